The summed E-state index contributed by atoms with van der Waals surface area (Å²) < 4.78 is 25.4. The van der Waals surface area contributed by atoms with E-state index in [-0.39, 0.29) is 34.5 Å². The second kappa shape index (κ2) is 5.69. The summed E-state index contributed by atoms with van der Waals surface area (Å²) in [6.45, 7) is 3.74. The number of hydrogen-bond acceptors (Lipinski definition) is 5. The number of hydrogen-bond donors (Lipinski definition) is 1. The summed E-state index contributed by atoms with van der Waals surface area (Å²) >= 11 is 0. The molecule has 2 rings (SSSR count). The van der Waals surface area contributed by atoms with Crippen LogP contribution in [0.25, 0.3) is 0 Å². The molecular weight excluding hydrogens is 306 g/mol. The Labute approximate surface area is 129 Å². The van der Waals surface area contributed by atoms with Crippen molar-refractivity contribution in [3.63, 3.8) is 0 Å². The molecule has 1 aliphatic heterocycles. The van der Waals surface area contributed by atoms with Crippen molar-refractivity contribution in [2.45, 2.75) is 24.8 Å². The summed E-state index contributed by atoms with van der Waals surface area (Å²) in [6.07, 6.45) is 0. The van der Waals surface area contributed by atoms with E-state index in [9.17, 15) is 18.0 Å². The van der Waals surface area contributed by atoms with Crippen molar-refractivity contribution < 1.29 is 18.0 Å². The monoisotopic (exact) mass is 325 g/mol. The first-order chi connectivity index (χ1) is 10.3. The first-order valence-electron chi connectivity index (χ1n) is 6.94. The number of fused-ring (bicyclic) bond motifs is 1. The summed E-state index contributed by atoms with van der Waals surface area (Å²) in [7, 11) is -2.26. The summed E-state index contributed by atoms with van der Waals surface area (Å²) in [5.74, 6) is -0.890. The lowest BCUT2D eigenvalue weighted by atomic mass is 10.1. The average molecular weight is 325 g/mol. The second-order valence-corrected chi connectivity index (χ2v) is 7.02. The van der Waals surface area contributed by atoms with Gasteiger partial charge in [0.25, 0.3) is 21.8 Å². The minimum atomic E-state index is -3.86. The van der Waals surface area contributed by atoms with Crippen LogP contribution in [-0.4, -0.2) is 55.6 Å². The Bertz CT molecular complexity index is 730. The zero-order chi connectivity index (χ0) is 16.7. The zero-order valence-electron chi connectivity index (χ0n) is 12.7. The second-order valence-electron chi connectivity index (χ2n) is 5.19. The molecule has 1 aromatic rings. The molecule has 1 heterocycles. The highest BCUT2D eigenvalue weighted by Gasteiger charge is 2.40. The Hall–Kier alpha value is -1.93. The molecule has 0 saturated carbocycles. The molecule has 1 unspecified atom stereocenters. The molecular formula is C14H19N3O4S. The molecule has 0 aromatic heterocycles. The largest absolute Gasteiger partial charge is 0.338 e. The fourth-order valence-corrected chi connectivity index (χ4v) is 3.89. The van der Waals surface area contributed by atoms with Crippen LogP contribution in [0.4, 0.5) is 0 Å². The van der Waals surface area contributed by atoms with Gasteiger partial charge in [-0.1, -0.05) is 0 Å². The van der Waals surface area contributed by atoms with Crippen LogP contribution in [0.1, 0.15) is 34.6 Å². The van der Waals surface area contributed by atoms with Crippen molar-refractivity contribution in [3.05, 3.63) is 29.3 Å². The molecule has 1 aromatic carbocycles. The Kier molecular flexibility index (Phi) is 4.25. The zero-order valence-corrected chi connectivity index (χ0v) is 13.6. The Morgan fingerprint density at radius 1 is 1.41 bits per heavy atom. The van der Waals surface area contributed by atoms with Gasteiger partial charge in [-0.25, -0.2) is 12.7 Å². The molecule has 0 saturated heterocycles. The van der Waals surface area contributed by atoms with Crippen LogP contribution < -0.4 is 5.73 Å². The van der Waals surface area contributed by atoms with Crippen LogP contribution in [0, 0.1) is 0 Å². The van der Waals surface area contributed by atoms with E-state index in [0.29, 0.717) is 6.54 Å². The number of nitrogens with zero attached hydrogens (tertiary/aromatic N) is 2. The van der Waals surface area contributed by atoms with Gasteiger partial charge in [0.05, 0.1) is 5.56 Å². The van der Waals surface area contributed by atoms with Gasteiger partial charge in [-0.05, 0) is 32.0 Å². The minimum absolute atomic E-state index is 0.0588. The third-order valence-electron chi connectivity index (χ3n) is 3.86. The van der Waals surface area contributed by atoms with Crippen LogP contribution in [-0.2, 0) is 10.0 Å². The number of nitrogens with two attached hydrogens (primary N) is 1. The molecule has 0 aliphatic carbocycles. The van der Waals surface area contributed by atoms with E-state index in [0.717, 1.165) is 4.31 Å². The predicted octanol–water partition coefficient (Wildman–Crippen LogP) is 0.270. The molecule has 0 bridgehead atoms. The van der Waals surface area contributed by atoms with Crippen LogP contribution in [0.3, 0.4) is 0 Å². The van der Waals surface area contributed by atoms with E-state index < -0.39 is 15.9 Å². The summed E-state index contributed by atoms with van der Waals surface area (Å²) in [6, 6.07) is 3.94. The number of amides is 2. The van der Waals surface area contributed by atoms with Crippen molar-refractivity contribution in [1.29, 1.82) is 0 Å². The fraction of sp³-hybridized carbons (Fsp3) is 0.429. The third kappa shape index (κ3) is 2.38. The van der Waals surface area contributed by atoms with Gasteiger partial charge < -0.3 is 10.6 Å². The van der Waals surface area contributed by atoms with Gasteiger partial charge in [0.2, 0.25) is 0 Å². The standard InChI is InChI=1S/C14H19N3O4S/c1-4-17-14(19)11-6-5-10(7-12(11)22(17,20)21)13(18)16(3)9(2)8-15/h5-7,9H,4,8,15H2,1-3H3. The van der Waals surface area contributed by atoms with E-state index >= 15 is 0 Å². The van der Waals surface area contributed by atoms with E-state index in [1.54, 1.807) is 20.9 Å². The van der Waals surface area contributed by atoms with Crippen LogP contribution >= 0.6 is 0 Å². The molecule has 22 heavy (non-hydrogen) atoms. The van der Waals surface area contributed by atoms with Crippen LogP contribution in [0.5, 0.6) is 0 Å². The SMILES string of the molecule is CCN1C(=O)c2ccc(C(=O)N(C)C(C)CN)cc2S1(=O)=O. The Morgan fingerprint density at radius 3 is 2.59 bits per heavy atom. The van der Waals surface area contributed by atoms with Crippen LogP contribution in [0.15, 0.2) is 23.1 Å². The molecule has 8 heteroatoms. The number of likely N-dealkylation sites (N-methyl/N-ethyl adjacent to an activating group) is 1. The lowest BCUT2D eigenvalue weighted by Crippen LogP contribution is -2.39. The molecule has 1 atom stereocenters. The molecule has 2 amide bonds. The summed E-state index contributed by atoms with van der Waals surface area (Å²) in [5.41, 5.74) is 5.86. The molecule has 2 N–H and O–H groups in total. The van der Waals surface area contributed by atoms with E-state index in [1.807, 2.05) is 0 Å². The van der Waals surface area contributed by atoms with Crippen molar-refractivity contribution in [3.8, 4) is 0 Å². The van der Waals surface area contributed by atoms with E-state index in [4.69, 9.17) is 5.73 Å². The van der Waals surface area contributed by atoms with Gasteiger partial charge >= 0.3 is 0 Å². The number of carbonyl (C=O) groups is 2. The van der Waals surface area contributed by atoms with Crippen molar-refractivity contribution >= 4 is 21.8 Å². The first kappa shape index (κ1) is 16.4. The Balaban J connectivity index is 2.47. The topological polar surface area (TPSA) is 101 Å². The summed E-state index contributed by atoms with van der Waals surface area (Å²) in [5, 5.41) is 0. The molecule has 0 spiro atoms. The highest BCUT2D eigenvalue weighted by Crippen LogP contribution is 2.31. The highest BCUT2D eigenvalue weighted by molar-refractivity contribution is 7.90. The molecule has 120 valence electrons. The fourth-order valence-electron chi connectivity index (χ4n) is 2.28. The smallest absolute Gasteiger partial charge is 0.268 e. The van der Waals surface area contributed by atoms with Gasteiger partial charge in [0.1, 0.15) is 4.90 Å². The first-order valence-corrected chi connectivity index (χ1v) is 8.38. The van der Waals surface area contributed by atoms with E-state index in [2.05, 4.69) is 0 Å². The van der Waals surface area contributed by atoms with Crippen LogP contribution in [0.2, 0.25) is 0 Å². The number of carbonyl (C=O) groups excluding carboxylic acids is 2. The van der Waals surface area contributed by atoms with Crippen molar-refractivity contribution in [2.24, 2.45) is 5.73 Å². The van der Waals surface area contributed by atoms with Crippen molar-refractivity contribution in [2.75, 3.05) is 20.1 Å². The van der Waals surface area contributed by atoms with Crippen molar-refractivity contribution in [1.82, 2.24) is 9.21 Å². The normalized spacial score (nSPS) is 17.3. The van der Waals surface area contributed by atoms with Gasteiger partial charge in [0, 0.05) is 31.7 Å². The number of sulfonamides is 1. The minimum Gasteiger partial charge on any atom is -0.338 e. The lowest BCUT2D eigenvalue weighted by Gasteiger charge is -2.23. The lowest BCUT2D eigenvalue weighted by molar-refractivity contribution is 0.0747. The van der Waals surface area contributed by atoms with Gasteiger partial charge in [-0.3, -0.25) is 9.59 Å². The molecule has 1 aliphatic rings. The van der Waals surface area contributed by atoms with Gasteiger partial charge in [0.15, 0.2) is 0 Å². The number of benzene rings is 1. The molecule has 0 fully saturated rings. The molecule has 0 radical (unpaired) electrons. The third-order valence-corrected chi connectivity index (χ3v) is 5.76. The average Bonchev–Trinajstić information content (AvgIpc) is 2.70. The summed E-state index contributed by atoms with van der Waals surface area (Å²) in [4.78, 5) is 25.7. The Morgan fingerprint density at radius 2 is 2.05 bits per heavy atom. The highest BCUT2D eigenvalue weighted by atomic mass is 32.2. The quantitative estimate of drug-likeness (QED) is 0.856. The number of rotatable bonds is 4. The predicted molar refractivity (Wildman–Crippen MR) is 80.9 cm³/mol. The van der Waals surface area contributed by atoms with Gasteiger partial charge in [-0.2, -0.15) is 0 Å². The maximum atomic E-state index is 12.4. The van der Waals surface area contributed by atoms with Gasteiger partial charge in [-0.15, -0.1) is 0 Å². The maximum absolute atomic E-state index is 12.4. The molecule has 7 nitrogen and oxygen atoms in total. The maximum Gasteiger partial charge on any atom is 0.268 e. The van der Waals surface area contributed by atoms with E-state index in [1.165, 1.54) is 23.1 Å².